The molecule has 0 spiro atoms. The predicted octanol–water partition coefficient (Wildman–Crippen LogP) is 2.42. The molecule has 5 nitrogen and oxygen atoms in total. The Balaban J connectivity index is 1.42. The quantitative estimate of drug-likeness (QED) is 0.852. The lowest BCUT2D eigenvalue weighted by atomic mass is 9.99. The van der Waals surface area contributed by atoms with Crippen LogP contribution in [-0.2, 0) is 13.0 Å². The molecule has 3 heterocycles. The number of carbonyl (C=O) groups excluding carboxylic acids is 1. The van der Waals surface area contributed by atoms with Crippen molar-refractivity contribution in [2.75, 3.05) is 44.2 Å². The van der Waals surface area contributed by atoms with Gasteiger partial charge in [-0.25, -0.2) is 4.98 Å². The van der Waals surface area contributed by atoms with E-state index in [9.17, 15) is 4.79 Å². The first kappa shape index (κ1) is 17.0. The molecule has 2 aromatic rings. The molecule has 0 radical (unpaired) electrons. The molecule has 0 N–H and O–H groups in total. The van der Waals surface area contributed by atoms with Gasteiger partial charge in [0.2, 0.25) is 0 Å². The molecule has 1 saturated heterocycles. The van der Waals surface area contributed by atoms with Gasteiger partial charge in [-0.2, -0.15) is 0 Å². The third kappa shape index (κ3) is 3.44. The average molecular weight is 350 g/mol. The largest absolute Gasteiger partial charge is 0.354 e. The first-order chi connectivity index (χ1) is 12.7. The van der Waals surface area contributed by atoms with Gasteiger partial charge < -0.3 is 14.7 Å². The average Bonchev–Trinajstić information content (AvgIpc) is 2.73. The van der Waals surface area contributed by atoms with Crippen molar-refractivity contribution < 1.29 is 4.79 Å². The Morgan fingerprint density at radius 3 is 2.46 bits per heavy atom. The van der Waals surface area contributed by atoms with Crippen LogP contribution in [-0.4, -0.2) is 60.0 Å². The number of aromatic nitrogens is 1. The molecule has 2 aliphatic heterocycles. The van der Waals surface area contributed by atoms with E-state index in [1.165, 1.54) is 11.1 Å². The number of pyridine rings is 1. The Hall–Kier alpha value is -2.40. The van der Waals surface area contributed by atoms with E-state index in [1.807, 2.05) is 23.1 Å². The molecule has 1 aromatic carbocycles. The SMILES string of the molecule is CCN1CCN(c2ccc(C(=O)N3CCc4ccccc4C3)cn2)CC1. The first-order valence-electron chi connectivity index (χ1n) is 9.54. The highest BCUT2D eigenvalue weighted by Gasteiger charge is 2.22. The molecule has 1 fully saturated rings. The minimum absolute atomic E-state index is 0.0781. The minimum Gasteiger partial charge on any atom is -0.354 e. The molecule has 0 bridgehead atoms. The van der Waals surface area contributed by atoms with Gasteiger partial charge in [-0.05, 0) is 36.2 Å². The van der Waals surface area contributed by atoms with Crippen molar-refractivity contribution in [3.63, 3.8) is 0 Å². The Kier molecular flexibility index (Phi) is 4.89. The Bertz CT molecular complexity index is 766. The van der Waals surface area contributed by atoms with E-state index in [2.05, 4.69) is 39.9 Å². The molecule has 1 aromatic heterocycles. The maximum atomic E-state index is 12.8. The zero-order chi connectivity index (χ0) is 17.9. The zero-order valence-corrected chi connectivity index (χ0v) is 15.4. The van der Waals surface area contributed by atoms with Gasteiger partial charge in [0, 0.05) is 45.5 Å². The Morgan fingerprint density at radius 1 is 1.00 bits per heavy atom. The second-order valence-corrected chi connectivity index (χ2v) is 7.07. The number of carbonyl (C=O) groups is 1. The van der Waals surface area contributed by atoms with Crippen molar-refractivity contribution in [1.82, 2.24) is 14.8 Å². The molecule has 1 amide bonds. The molecule has 0 unspecified atom stereocenters. The highest BCUT2D eigenvalue weighted by atomic mass is 16.2. The number of amides is 1. The summed E-state index contributed by atoms with van der Waals surface area (Å²) in [5.41, 5.74) is 3.29. The monoisotopic (exact) mass is 350 g/mol. The summed E-state index contributed by atoms with van der Waals surface area (Å²) >= 11 is 0. The molecule has 136 valence electrons. The van der Waals surface area contributed by atoms with Crippen molar-refractivity contribution >= 4 is 11.7 Å². The second-order valence-electron chi connectivity index (χ2n) is 7.07. The third-order valence-electron chi connectivity index (χ3n) is 5.56. The predicted molar refractivity (Wildman–Crippen MR) is 103 cm³/mol. The lowest BCUT2D eigenvalue weighted by molar-refractivity contribution is 0.0734. The number of anilines is 1. The molecular formula is C21H26N4O. The number of nitrogens with zero attached hydrogens (tertiary/aromatic N) is 4. The summed E-state index contributed by atoms with van der Waals surface area (Å²) in [7, 11) is 0. The zero-order valence-electron chi connectivity index (χ0n) is 15.4. The van der Waals surface area contributed by atoms with Gasteiger partial charge in [-0.1, -0.05) is 31.2 Å². The van der Waals surface area contributed by atoms with Gasteiger partial charge in [0.25, 0.3) is 5.91 Å². The number of hydrogen-bond donors (Lipinski definition) is 0. The van der Waals surface area contributed by atoms with E-state index in [4.69, 9.17) is 0 Å². The van der Waals surface area contributed by atoms with E-state index in [0.29, 0.717) is 12.1 Å². The van der Waals surface area contributed by atoms with Crippen molar-refractivity contribution in [3.8, 4) is 0 Å². The molecule has 26 heavy (non-hydrogen) atoms. The van der Waals surface area contributed by atoms with E-state index in [0.717, 1.165) is 51.5 Å². The smallest absolute Gasteiger partial charge is 0.255 e. The van der Waals surface area contributed by atoms with Crippen LogP contribution in [0.2, 0.25) is 0 Å². The van der Waals surface area contributed by atoms with Crippen LogP contribution >= 0.6 is 0 Å². The van der Waals surface area contributed by atoms with E-state index < -0.39 is 0 Å². The van der Waals surface area contributed by atoms with Crippen LogP contribution in [0.4, 0.5) is 5.82 Å². The maximum Gasteiger partial charge on any atom is 0.255 e. The van der Waals surface area contributed by atoms with Crippen molar-refractivity contribution in [1.29, 1.82) is 0 Å². The van der Waals surface area contributed by atoms with Gasteiger partial charge in [0.05, 0.1) is 5.56 Å². The minimum atomic E-state index is 0.0781. The van der Waals surface area contributed by atoms with E-state index in [1.54, 1.807) is 6.20 Å². The Morgan fingerprint density at radius 2 is 1.77 bits per heavy atom. The highest BCUT2D eigenvalue weighted by Crippen LogP contribution is 2.21. The van der Waals surface area contributed by atoms with Gasteiger partial charge in [-0.3, -0.25) is 4.79 Å². The van der Waals surface area contributed by atoms with Crippen molar-refractivity contribution in [2.45, 2.75) is 19.9 Å². The van der Waals surface area contributed by atoms with Gasteiger partial charge >= 0.3 is 0 Å². The van der Waals surface area contributed by atoms with Gasteiger partial charge in [0.15, 0.2) is 0 Å². The number of likely N-dealkylation sites (N-methyl/N-ethyl adjacent to an activating group) is 1. The van der Waals surface area contributed by atoms with Crippen LogP contribution < -0.4 is 4.90 Å². The van der Waals surface area contributed by atoms with Crippen molar-refractivity contribution in [3.05, 3.63) is 59.3 Å². The summed E-state index contributed by atoms with van der Waals surface area (Å²) in [6.45, 7) is 8.92. The molecular weight excluding hydrogens is 324 g/mol. The molecule has 2 aliphatic rings. The van der Waals surface area contributed by atoms with E-state index in [-0.39, 0.29) is 5.91 Å². The van der Waals surface area contributed by atoms with Crippen LogP contribution in [0.25, 0.3) is 0 Å². The van der Waals surface area contributed by atoms with E-state index >= 15 is 0 Å². The third-order valence-corrected chi connectivity index (χ3v) is 5.56. The normalized spacial score (nSPS) is 17.9. The van der Waals surface area contributed by atoms with Crippen LogP contribution in [0.15, 0.2) is 42.6 Å². The number of hydrogen-bond acceptors (Lipinski definition) is 4. The summed E-state index contributed by atoms with van der Waals surface area (Å²) in [6, 6.07) is 12.3. The van der Waals surface area contributed by atoms with Crippen LogP contribution in [0.1, 0.15) is 28.4 Å². The van der Waals surface area contributed by atoms with Gasteiger partial charge in [-0.15, -0.1) is 0 Å². The van der Waals surface area contributed by atoms with Crippen molar-refractivity contribution in [2.24, 2.45) is 0 Å². The second kappa shape index (κ2) is 7.46. The molecule has 0 saturated carbocycles. The Labute approximate surface area is 155 Å². The topological polar surface area (TPSA) is 39.7 Å². The summed E-state index contributed by atoms with van der Waals surface area (Å²) < 4.78 is 0. The fraction of sp³-hybridized carbons (Fsp3) is 0.429. The molecule has 0 atom stereocenters. The number of benzene rings is 1. The lowest BCUT2D eigenvalue weighted by Gasteiger charge is -2.34. The summed E-state index contributed by atoms with van der Waals surface area (Å²) in [5.74, 6) is 1.05. The lowest BCUT2D eigenvalue weighted by Crippen LogP contribution is -2.46. The summed E-state index contributed by atoms with van der Waals surface area (Å²) in [6.07, 6.45) is 2.67. The maximum absolute atomic E-state index is 12.8. The summed E-state index contributed by atoms with van der Waals surface area (Å²) in [5, 5.41) is 0. The number of rotatable bonds is 3. The first-order valence-corrected chi connectivity index (χ1v) is 9.54. The fourth-order valence-electron chi connectivity index (χ4n) is 3.84. The number of piperazine rings is 1. The van der Waals surface area contributed by atoms with Crippen LogP contribution in [0.5, 0.6) is 0 Å². The van der Waals surface area contributed by atoms with Crippen LogP contribution in [0.3, 0.4) is 0 Å². The molecule has 0 aliphatic carbocycles. The highest BCUT2D eigenvalue weighted by molar-refractivity contribution is 5.94. The van der Waals surface area contributed by atoms with Gasteiger partial charge in [0.1, 0.15) is 5.82 Å². The van der Waals surface area contributed by atoms with Crippen LogP contribution in [0, 0.1) is 0 Å². The molecule has 5 heteroatoms. The standard InChI is InChI=1S/C21H26N4O/c1-2-23-11-13-24(14-12-23)20-8-7-18(15-22-20)21(26)25-10-9-17-5-3-4-6-19(17)16-25/h3-8,15H,2,9-14,16H2,1H3. The molecule has 4 rings (SSSR count). The summed E-state index contributed by atoms with van der Waals surface area (Å²) in [4.78, 5) is 24.1. The fourth-order valence-corrected chi connectivity index (χ4v) is 3.84. The number of fused-ring (bicyclic) bond motifs is 1.